The Hall–Kier alpha value is -2.78. The van der Waals surface area contributed by atoms with Crippen LogP contribution in [0.5, 0.6) is 5.75 Å². The van der Waals surface area contributed by atoms with Gasteiger partial charge >= 0.3 is 0 Å². The number of amides is 2. The van der Waals surface area contributed by atoms with Gasteiger partial charge in [0.1, 0.15) is 18.2 Å². The minimum atomic E-state index is -2.60. The van der Waals surface area contributed by atoms with Gasteiger partial charge in [0.25, 0.3) is 12.3 Å². The minimum absolute atomic E-state index is 0.121. The smallest absolute Gasteiger partial charge is 0.272 e. The molecule has 1 atom stereocenters. The second-order valence-electron chi connectivity index (χ2n) is 8.06. The molecule has 0 saturated carbocycles. The molecule has 7 nitrogen and oxygen atoms in total. The van der Waals surface area contributed by atoms with Gasteiger partial charge in [0.05, 0.1) is 17.6 Å². The van der Waals surface area contributed by atoms with Crippen LogP contribution < -0.4 is 10.1 Å². The highest BCUT2D eigenvalue weighted by atomic mass is 35.5. The van der Waals surface area contributed by atoms with Crippen molar-refractivity contribution >= 4 is 29.2 Å². The number of hydrogen-bond acceptors (Lipinski definition) is 5. The average molecular weight is 480 g/mol. The Balaban J connectivity index is 1.49. The number of pyridine rings is 1. The van der Waals surface area contributed by atoms with E-state index in [1.807, 2.05) is 6.92 Å². The maximum Gasteiger partial charge on any atom is 0.272 e. The molecule has 2 aliphatic rings. The Bertz CT molecular complexity index is 1050. The topological polar surface area (TPSA) is 80.8 Å². The molecule has 0 aliphatic carbocycles. The predicted molar refractivity (Wildman–Crippen MR) is 118 cm³/mol. The Morgan fingerprint density at radius 2 is 2.09 bits per heavy atom. The van der Waals surface area contributed by atoms with Crippen LogP contribution in [0.25, 0.3) is 0 Å². The standard InChI is InChI=1S/C23H24ClF2N3O4/c1-13(15-2-3-19(18(24)10-15)33-12-20(25)26)29-11-17-16(23(29)31)4-7-27-21(17)28-22(30)14-5-8-32-9-6-14/h2-4,7,10,13-14,20H,5-6,8-9,11-12H2,1H3,(H,27,28,30). The first kappa shape index (κ1) is 23.4. The van der Waals surface area contributed by atoms with E-state index in [1.54, 1.807) is 23.1 Å². The van der Waals surface area contributed by atoms with Crippen molar-refractivity contribution < 1.29 is 27.8 Å². The van der Waals surface area contributed by atoms with Crippen LogP contribution >= 0.6 is 11.6 Å². The zero-order valence-corrected chi connectivity index (χ0v) is 18.8. The molecule has 33 heavy (non-hydrogen) atoms. The Kier molecular flexibility index (Phi) is 7.09. The highest BCUT2D eigenvalue weighted by Gasteiger charge is 2.34. The van der Waals surface area contributed by atoms with Crippen LogP contribution in [0.15, 0.2) is 30.5 Å². The minimum Gasteiger partial charge on any atom is -0.486 e. The van der Waals surface area contributed by atoms with Gasteiger partial charge in [-0.2, -0.15) is 0 Å². The number of aromatic nitrogens is 1. The highest BCUT2D eigenvalue weighted by molar-refractivity contribution is 6.32. The molecular weight excluding hydrogens is 456 g/mol. The zero-order valence-electron chi connectivity index (χ0n) is 18.0. The molecule has 1 fully saturated rings. The van der Waals surface area contributed by atoms with E-state index in [1.165, 1.54) is 12.3 Å². The lowest BCUT2D eigenvalue weighted by Gasteiger charge is -2.25. The summed E-state index contributed by atoms with van der Waals surface area (Å²) in [5, 5.41) is 3.08. The Morgan fingerprint density at radius 3 is 2.79 bits per heavy atom. The van der Waals surface area contributed by atoms with Crippen molar-refractivity contribution in [3.63, 3.8) is 0 Å². The number of carbonyl (C=O) groups excluding carboxylic acids is 2. The lowest BCUT2D eigenvalue weighted by Crippen LogP contribution is -2.29. The molecule has 2 amide bonds. The molecule has 10 heteroatoms. The average Bonchev–Trinajstić information content (AvgIpc) is 3.15. The van der Waals surface area contributed by atoms with Crippen LogP contribution in [-0.2, 0) is 16.1 Å². The highest BCUT2D eigenvalue weighted by Crippen LogP contribution is 2.36. The molecule has 1 saturated heterocycles. The quantitative estimate of drug-likeness (QED) is 0.634. The second-order valence-corrected chi connectivity index (χ2v) is 8.47. The molecule has 1 aromatic carbocycles. The van der Waals surface area contributed by atoms with Gasteiger partial charge in [-0.15, -0.1) is 0 Å². The fourth-order valence-corrected chi connectivity index (χ4v) is 4.32. The number of halogens is 3. The van der Waals surface area contributed by atoms with E-state index >= 15 is 0 Å². The number of anilines is 1. The lowest BCUT2D eigenvalue weighted by atomic mass is 9.99. The van der Waals surface area contributed by atoms with Crippen molar-refractivity contribution in [2.45, 2.75) is 38.8 Å². The summed E-state index contributed by atoms with van der Waals surface area (Å²) in [7, 11) is 0. The van der Waals surface area contributed by atoms with Crippen LogP contribution in [0.2, 0.25) is 5.02 Å². The monoisotopic (exact) mass is 479 g/mol. The number of carbonyl (C=O) groups is 2. The third kappa shape index (κ3) is 5.09. The van der Waals surface area contributed by atoms with E-state index in [-0.39, 0.29) is 41.1 Å². The first-order valence-electron chi connectivity index (χ1n) is 10.7. The van der Waals surface area contributed by atoms with Crippen molar-refractivity contribution in [1.29, 1.82) is 0 Å². The van der Waals surface area contributed by atoms with Crippen molar-refractivity contribution in [1.82, 2.24) is 9.88 Å². The molecule has 4 rings (SSSR count). The number of rotatable bonds is 7. The van der Waals surface area contributed by atoms with Gasteiger partial charge in [-0.05, 0) is 43.5 Å². The van der Waals surface area contributed by atoms with E-state index in [0.717, 1.165) is 5.56 Å². The van der Waals surface area contributed by atoms with Crippen LogP contribution in [0.3, 0.4) is 0 Å². The number of alkyl halides is 2. The molecule has 2 aromatic rings. The summed E-state index contributed by atoms with van der Waals surface area (Å²) < 4.78 is 35.1. The van der Waals surface area contributed by atoms with E-state index in [2.05, 4.69) is 10.3 Å². The molecule has 2 aliphatic heterocycles. The number of ether oxygens (including phenoxy) is 2. The fourth-order valence-electron chi connectivity index (χ4n) is 4.08. The molecule has 0 spiro atoms. The first-order chi connectivity index (χ1) is 15.8. The maximum atomic E-state index is 13.1. The van der Waals surface area contributed by atoms with E-state index in [0.29, 0.717) is 43.0 Å². The molecular formula is C23H24ClF2N3O4. The van der Waals surface area contributed by atoms with Crippen molar-refractivity contribution in [2.24, 2.45) is 5.92 Å². The summed E-state index contributed by atoms with van der Waals surface area (Å²) in [6.07, 6.45) is 0.216. The molecule has 1 N–H and O–H groups in total. The second kappa shape index (κ2) is 10.0. The summed E-state index contributed by atoms with van der Waals surface area (Å²) in [5.41, 5.74) is 1.88. The van der Waals surface area contributed by atoms with Crippen molar-refractivity contribution in [3.8, 4) is 5.75 Å². The third-order valence-corrected chi connectivity index (χ3v) is 6.28. The summed E-state index contributed by atoms with van der Waals surface area (Å²) in [5.74, 6) is 0.100. The third-order valence-electron chi connectivity index (χ3n) is 5.98. The molecule has 0 radical (unpaired) electrons. The van der Waals surface area contributed by atoms with E-state index in [4.69, 9.17) is 21.1 Å². The number of hydrogen-bond donors (Lipinski definition) is 1. The van der Waals surface area contributed by atoms with Crippen LogP contribution in [-0.4, -0.2) is 47.9 Å². The normalized spacial score (nSPS) is 17.2. The fraction of sp³-hybridized carbons (Fsp3) is 0.435. The summed E-state index contributed by atoms with van der Waals surface area (Å²) in [4.78, 5) is 31.7. The van der Waals surface area contributed by atoms with Crippen LogP contribution in [0.1, 0.15) is 47.3 Å². The van der Waals surface area contributed by atoms with Gasteiger partial charge in [0.15, 0.2) is 0 Å². The number of benzene rings is 1. The largest absolute Gasteiger partial charge is 0.486 e. The van der Waals surface area contributed by atoms with Gasteiger partial charge in [-0.25, -0.2) is 13.8 Å². The maximum absolute atomic E-state index is 13.1. The first-order valence-corrected chi connectivity index (χ1v) is 11.1. The van der Waals surface area contributed by atoms with Gasteiger partial charge in [0.2, 0.25) is 5.91 Å². The summed E-state index contributed by atoms with van der Waals surface area (Å²) >= 11 is 6.21. The van der Waals surface area contributed by atoms with Gasteiger partial charge in [-0.3, -0.25) is 9.59 Å². The van der Waals surface area contributed by atoms with Gasteiger partial charge in [0, 0.05) is 36.5 Å². The molecule has 1 unspecified atom stereocenters. The molecule has 0 bridgehead atoms. The number of nitrogens with one attached hydrogen (secondary N) is 1. The Morgan fingerprint density at radius 1 is 1.33 bits per heavy atom. The Labute approximate surface area is 195 Å². The lowest BCUT2D eigenvalue weighted by molar-refractivity contribution is -0.122. The SMILES string of the molecule is CC(c1ccc(OCC(F)F)c(Cl)c1)N1Cc2c(ccnc2NC(=O)C2CCOCC2)C1=O. The van der Waals surface area contributed by atoms with E-state index in [9.17, 15) is 18.4 Å². The van der Waals surface area contributed by atoms with Crippen molar-refractivity contribution in [3.05, 3.63) is 52.2 Å². The zero-order chi connectivity index (χ0) is 23.5. The molecule has 176 valence electrons. The number of nitrogens with zero attached hydrogens (tertiary/aromatic N) is 2. The van der Waals surface area contributed by atoms with Crippen molar-refractivity contribution in [2.75, 3.05) is 25.1 Å². The predicted octanol–water partition coefficient (Wildman–Crippen LogP) is 4.46. The summed E-state index contributed by atoms with van der Waals surface area (Å²) in [6.45, 7) is 2.48. The van der Waals surface area contributed by atoms with Gasteiger partial charge < -0.3 is 19.7 Å². The molecule has 1 aromatic heterocycles. The van der Waals surface area contributed by atoms with E-state index < -0.39 is 13.0 Å². The molecule has 3 heterocycles. The summed E-state index contributed by atoms with van der Waals surface area (Å²) in [6, 6.07) is 6.11. The van der Waals surface area contributed by atoms with Gasteiger partial charge in [-0.1, -0.05) is 17.7 Å². The van der Waals surface area contributed by atoms with Crippen LogP contribution in [0.4, 0.5) is 14.6 Å². The van der Waals surface area contributed by atoms with Crippen LogP contribution in [0, 0.1) is 5.92 Å². The number of fused-ring (bicyclic) bond motifs is 1.